The number of alkyl halides is 6. The first kappa shape index (κ1) is 33.7. The normalized spacial score (nSPS) is 21.3. The highest BCUT2D eigenvalue weighted by atomic mass is 19.4. The Kier molecular flexibility index (Phi) is 9.78. The van der Waals surface area contributed by atoms with Crippen molar-refractivity contribution in [3.05, 3.63) is 117 Å². The van der Waals surface area contributed by atoms with Crippen LogP contribution in [0.4, 0.5) is 31.1 Å². The van der Waals surface area contributed by atoms with Gasteiger partial charge in [-0.05, 0) is 48.2 Å². The van der Waals surface area contributed by atoms with Gasteiger partial charge in [-0.1, -0.05) is 60.7 Å². The Bertz CT molecular complexity index is 1460. The van der Waals surface area contributed by atoms with E-state index < -0.39 is 77.0 Å². The Morgan fingerprint density at radius 1 is 0.956 bits per heavy atom. The van der Waals surface area contributed by atoms with Gasteiger partial charge in [0, 0.05) is 11.3 Å². The summed E-state index contributed by atoms with van der Waals surface area (Å²) in [5.74, 6) is 0. The minimum absolute atomic E-state index is 0.0133. The van der Waals surface area contributed by atoms with Crippen LogP contribution in [0.25, 0.3) is 0 Å². The predicted molar refractivity (Wildman–Crippen MR) is 148 cm³/mol. The van der Waals surface area contributed by atoms with Crippen LogP contribution >= 0.6 is 0 Å². The molecule has 1 heterocycles. The van der Waals surface area contributed by atoms with E-state index in [9.17, 15) is 46.4 Å². The maximum atomic E-state index is 13.7. The molecule has 3 atom stereocenters. The molecule has 14 heteroatoms. The number of nitrogens with zero attached hydrogens (tertiary/aromatic N) is 2. The quantitative estimate of drug-likeness (QED) is 0.152. The van der Waals surface area contributed by atoms with Crippen molar-refractivity contribution in [2.24, 2.45) is 0 Å². The number of nitro groups is 1. The van der Waals surface area contributed by atoms with E-state index in [1.54, 1.807) is 60.7 Å². The zero-order valence-electron chi connectivity index (χ0n) is 24.0. The lowest BCUT2D eigenvalue weighted by atomic mass is 9.75. The molecule has 0 radical (unpaired) electrons. The second-order valence-corrected chi connectivity index (χ2v) is 11.0. The van der Waals surface area contributed by atoms with E-state index in [1.807, 2.05) is 0 Å². The first-order chi connectivity index (χ1) is 21.1. The van der Waals surface area contributed by atoms with Crippen molar-refractivity contribution in [2.75, 3.05) is 19.8 Å². The monoisotopic (exact) mass is 640 g/mol. The van der Waals surface area contributed by atoms with E-state index in [-0.39, 0.29) is 25.5 Å². The van der Waals surface area contributed by atoms with Gasteiger partial charge < -0.3 is 14.6 Å². The molecule has 1 fully saturated rings. The minimum Gasteiger partial charge on any atom is -0.445 e. The van der Waals surface area contributed by atoms with Gasteiger partial charge in [0.25, 0.3) is 5.54 Å². The predicted octanol–water partition coefficient (Wildman–Crippen LogP) is 7.14. The molecule has 4 rings (SSSR count). The van der Waals surface area contributed by atoms with E-state index in [4.69, 9.17) is 9.47 Å². The molecule has 0 aliphatic carbocycles. The van der Waals surface area contributed by atoms with Gasteiger partial charge in [0.2, 0.25) is 0 Å². The largest absolute Gasteiger partial charge is 0.445 e. The Hall–Kier alpha value is -4.17. The molecule has 1 amide bonds. The lowest BCUT2D eigenvalue weighted by Gasteiger charge is -2.49. The average Bonchev–Trinajstić information content (AvgIpc) is 3.02. The maximum Gasteiger partial charge on any atom is 0.416 e. The zero-order valence-corrected chi connectivity index (χ0v) is 24.0. The molecule has 3 aromatic carbocycles. The molecule has 0 bridgehead atoms. The van der Waals surface area contributed by atoms with Gasteiger partial charge in [0.1, 0.15) is 13.2 Å². The number of halogens is 6. The van der Waals surface area contributed by atoms with E-state index >= 15 is 0 Å². The van der Waals surface area contributed by atoms with E-state index in [0.717, 1.165) is 4.90 Å². The van der Waals surface area contributed by atoms with Crippen LogP contribution in [-0.4, -0.2) is 46.3 Å². The number of carbonyl (C=O) groups excluding carboxylic acids is 1. The summed E-state index contributed by atoms with van der Waals surface area (Å²) in [4.78, 5) is 26.2. The number of aliphatic hydroxyl groups is 1. The lowest BCUT2D eigenvalue weighted by molar-refractivity contribution is -0.579. The first-order valence-corrected chi connectivity index (χ1v) is 13.8. The van der Waals surface area contributed by atoms with Gasteiger partial charge >= 0.3 is 18.4 Å². The SMILES string of the molecule is C[C@@H](OCC1(c2ccccc2)CC[C@@](CO)([N+](=O)[O-])CN1C(=O)OCc1ccccc1)c1cc(C(F)(F)F)cc(C(F)(F)F)c1. The average molecular weight is 641 g/mol. The third-order valence-corrected chi connectivity index (χ3v) is 8.04. The van der Waals surface area contributed by atoms with Crippen LogP contribution in [0.15, 0.2) is 78.9 Å². The molecule has 242 valence electrons. The smallest absolute Gasteiger partial charge is 0.416 e. The fourth-order valence-corrected chi connectivity index (χ4v) is 5.33. The van der Waals surface area contributed by atoms with Crippen molar-refractivity contribution in [1.29, 1.82) is 0 Å². The van der Waals surface area contributed by atoms with Gasteiger partial charge in [-0.25, -0.2) is 4.79 Å². The summed E-state index contributed by atoms with van der Waals surface area (Å²) < 4.78 is 92.6. The molecule has 1 unspecified atom stereocenters. The van der Waals surface area contributed by atoms with Crippen LogP contribution in [0.1, 0.15) is 53.7 Å². The molecule has 3 aromatic rings. The summed E-state index contributed by atoms with van der Waals surface area (Å²) in [5.41, 5.74) is -5.85. The Labute approximate surface area is 254 Å². The number of aliphatic hydroxyl groups excluding tert-OH is 1. The highest BCUT2D eigenvalue weighted by Crippen LogP contribution is 2.44. The third kappa shape index (κ3) is 7.39. The number of piperidine rings is 1. The standard InChI is InChI=1S/C31H30F6N2O6/c1-21(23-14-25(30(32,33)34)16-26(15-23)31(35,36)37)45-20-29(24-10-6-3-7-11-24)13-12-28(19-40,39(42)43)18-38(29)27(41)44-17-22-8-4-2-5-9-22/h2-11,14-16,21,40H,12-13,17-20H2,1H3/t21-,28-,29?/m1/s1. The van der Waals surface area contributed by atoms with Crippen LogP contribution in [0, 0.1) is 10.1 Å². The van der Waals surface area contributed by atoms with Crippen LogP contribution in [0.2, 0.25) is 0 Å². The number of hydrogen-bond acceptors (Lipinski definition) is 6. The highest BCUT2D eigenvalue weighted by Gasteiger charge is 2.57. The number of likely N-dealkylation sites (tertiary alicyclic amines) is 1. The molecule has 0 aromatic heterocycles. The summed E-state index contributed by atoms with van der Waals surface area (Å²) in [6, 6.07) is 17.9. The number of benzene rings is 3. The van der Waals surface area contributed by atoms with Gasteiger partial charge in [-0.15, -0.1) is 0 Å². The number of amides is 1. The lowest BCUT2D eigenvalue weighted by Crippen LogP contribution is -2.65. The van der Waals surface area contributed by atoms with Crippen molar-refractivity contribution in [2.45, 2.75) is 55.9 Å². The summed E-state index contributed by atoms with van der Waals surface area (Å²) in [6.45, 7) is -0.930. The second-order valence-electron chi connectivity index (χ2n) is 11.0. The van der Waals surface area contributed by atoms with Crippen molar-refractivity contribution < 1.29 is 50.6 Å². The number of carbonyl (C=O) groups is 1. The molecular formula is C31H30F6N2O6. The highest BCUT2D eigenvalue weighted by molar-refractivity contribution is 5.70. The third-order valence-electron chi connectivity index (χ3n) is 8.04. The van der Waals surface area contributed by atoms with Crippen molar-refractivity contribution in [3.8, 4) is 0 Å². The summed E-state index contributed by atoms with van der Waals surface area (Å²) in [6.07, 6.45) is -12.8. The molecule has 0 spiro atoms. The first-order valence-electron chi connectivity index (χ1n) is 13.8. The number of ether oxygens (including phenoxy) is 2. The number of hydrogen-bond donors (Lipinski definition) is 1. The molecule has 1 N–H and O–H groups in total. The molecular weight excluding hydrogens is 610 g/mol. The van der Waals surface area contributed by atoms with E-state index in [2.05, 4.69) is 0 Å². The maximum absolute atomic E-state index is 13.7. The summed E-state index contributed by atoms with van der Waals surface area (Å²) in [5, 5.41) is 22.2. The van der Waals surface area contributed by atoms with Crippen LogP contribution in [0.3, 0.4) is 0 Å². The Morgan fingerprint density at radius 3 is 2.02 bits per heavy atom. The van der Waals surface area contributed by atoms with Crippen molar-refractivity contribution in [1.82, 2.24) is 4.90 Å². The van der Waals surface area contributed by atoms with Gasteiger partial charge in [0.05, 0.1) is 35.9 Å². The molecule has 0 saturated carbocycles. The fraction of sp³-hybridized carbons (Fsp3) is 0.387. The molecule has 1 aliphatic heterocycles. The van der Waals surface area contributed by atoms with E-state index in [0.29, 0.717) is 23.3 Å². The topological polar surface area (TPSA) is 102 Å². The van der Waals surface area contributed by atoms with Crippen LogP contribution in [-0.2, 0) is 34.0 Å². The van der Waals surface area contributed by atoms with Crippen molar-refractivity contribution >= 4 is 6.09 Å². The van der Waals surface area contributed by atoms with Gasteiger partial charge in [0.15, 0.2) is 0 Å². The van der Waals surface area contributed by atoms with Crippen molar-refractivity contribution in [3.63, 3.8) is 0 Å². The van der Waals surface area contributed by atoms with E-state index in [1.165, 1.54) is 6.92 Å². The molecule has 8 nitrogen and oxygen atoms in total. The summed E-state index contributed by atoms with van der Waals surface area (Å²) >= 11 is 0. The molecule has 1 aliphatic rings. The molecule has 45 heavy (non-hydrogen) atoms. The van der Waals surface area contributed by atoms with Crippen LogP contribution in [0.5, 0.6) is 0 Å². The zero-order chi connectivity index (χ0) is 33.0. The second kappa shape index (κ2) is 13.1. The van der Waals surface area contributed by atoms with Gasteiger partial charge in [-0.3, -0.25) is 15.0 Å². The Morgan fingerprint density at radius 2 is 1.51 bits per heavy atom. The number of rotatable bonds is 9. The fourth-order valence-electron chi connectivity index (χ4n) is 5.33. The van der Waals surface area contributed by atoms with Crippen LogP contribution < -0.4 is 0 Å². The minimum atomic E-state index is -5.07. The van der Waals surface area contributed by atoms with Gasteiger partial charge in [-0.2, -0.15) is 26.3 Å². The summed E-state index contributed by atoms with van der Waals surface area (Å²) in [7, 11) is 0. The molecule has 1 saturated heterocycles. The Balaban J connectivity index is 1.74.